The molecule has 9 heteroatoms. The SMILES string of the molecule is CCOc1ccc2nc(N3C(=O)C(=O)C(=C(O)c4ccc(OC)cc4)[C@@H]3c3cccc(Br)c3)sc2c1. The maximum Gasteiger partial charge on any atom is 0.301 e. The van der Waals surface area contributed by atoms with Crippen molar-refractivity contribution in [3.63, 3.8) is 0 Å². The Hall–Kier alpha value is -3.69. The van der Waals surface area contributed by atoms with Gasteiger partial charge in [0.25, 0.3) is 5.78 Å². The van der Waals surface area contributed by atoms with Crippen molar-refractivity contribution in [1.29, 1.82) is 0 Å². The zero-order valence-corrected chi connectivity index (χ0v) is 21.8. The zero-order valence-electron chi connectivity index (χ0n) is 19.4. The van der Waals surface area contributed by atoms with Crippen molar-refractivity contribution < 1.29 is 24.2 Å². The van der Waals surface area contributed by atoms with Gasteiger partial charge in [0.1, 0.15) is 17.3 Å². The minimum Gasteiger partial charge on any atom is -0.507 e. The number of methoxy groups -OCH3 is 1. The average Bonchev–Trinajstić information content (AvgIpc) is 3.41. The molecule has 1 aliphatic heterocycles. The molecule has 182 valence electrons. The molecule has 1 fully saturated rings. The number of amides is 1. The number of benzene rings is 3. The molecule has 1 amide bonds. The van der Waals surface area contributed by atoms with E-state index in [9.17, 15) is 14.7 Å². The van der Waals surface area contributed by atoms with Gasteiger partial charge in [-0.3, -0.25) is 14.5 Å². The van der Waals surface area contributed by atoms with Gasteiger partial charge in [0.15, 0.2) is 5.13 Å². The molecular weight excluding hydrogens is 544 g/mol. The van der Waals surface area contributed by atoms with E-state index in [2.05, 4.69) is 20.9 Å². The number of aromatic nitrogens is 1. The summed E-state index contributed by atoms with van der Waals surface area (Å²) < 4.78 is 12.4. The number of carbonyl (C=O) groups excluding carboxylic acids is 2. The third-order valence-electron chi connectivity index (χ3n) is 5.84. The molecule has 2 heterocycles. The van der Waals surface area contributed by atoms with Crippen LogP contribution in [0.15, 0.2) is 76.8 Å². The number of aliphatic hydroxyl groups is 1. The molecule has 1 aromatic heterocycles. The van der Waals surface area contributed by atoms with Crippen molar-refractivity contribution >= 4 is 60.1 Å². The second-order valence-electron chi connectivity index (χ2n) is 8.01. The molecule has 36 heavy (non-hydrogen) atoms. The number of fused-ring (bicyclic) bond motifs is 1. The number of halogens is 1. The van der Waals surface area contributed by atoms with Gasteiger partial charge in [-0.25, -0.2) is 4.98 Å². The van der Waals surface area contributed by atoms with Crippen LogP contribution in [0.4, 0.5) is 5.13 Å². The van der Waals surface area contributed by atoms with Gasteiger partial charge in [0.05, 0.1) is 35.5 Å². The van der Waals surface area contributed by atoms with Crippen molar-refractivity contribution in [3.05, 3.63) is 87.9 Å². The summed E-state index contributed by atoms with van der Waals surface area (Å²) in [6.07, 6.45) is 0. The quantitative estimate of drug-likeness (QED) is 0.173. The van der Waals surface area contributed by atoms with Crippen molar-refractivity contribution in [3.8, 4) is 11.5 Å². The van der Waals surface area contributed by atoms with Crippen LogP contribution >= 0.6 is 27.3 Å². The van der Waals surface area contributed by atoms with E-state index in [0.717, 1.165) is 9.17 Å². The summed E-state index contributed by atoms with van der Waals surface area (Å²) in [5.74, 6) is -0.480. The Bertz CT molecular complexity index is 1510. The Morgan fingerprint density at radius 2 is 1.83 bits per heavy atom. The van der Waals surface area contributed by atoms with E-state index in [0.29, 0.717) is 39.9 Å². The minimum absolute atomic E-state index is 0.00229. The van der Waals surface area contributed by atoms with Crippen LogP contribution in [0.25, 0.3) is 16.0 Å². The third kappa shape index (κ3) is 4.25. The lowest BCUT2D eigenvalue weighted by atomic mass is 9.95. The largest absolute Gasteiger partial charge is 0.507 e. The zero-order chi connectivity index (χ0) is 25.4. The Kier molecular flexibility index (Phi) is 6.51. The maximum atomic E-state index is 13.4. The van der Waals surface area contributed by atoms with E-state index in [1.54, 1.807) is 31.4 Å². The first-order chi connectivity index (χ1) is 17.4. The Balaban J connectivity index is 1.68. The van der Waals surface area contributed by atoms with Gasteiger partial charge < -0.3 is 14.6 Å². The summed E-state index contributed by atoms with van der Waals surface area (Å²) in [7, 11) is 1.54. The summed E-state index contributed by atoms with van der Waals surface area (Å²) in [5.41, 5.74) is 1.74. The molecule has 4 aromatic rings. The second kappa shape index (κ2) is 9.75. The normalized spacial score (nSPS) is 17.1. The lowest BCUT2D eigenvalue weighted by molar-refractivity contribution is -0.132. The molecule has 0 spiro atoms. The topological polar surface area (TPSA) is 89.0 Å². The highest BCUT2D eigenvalue weighted by Gasteiger charge is 2.48. The molecule has 0 aliphatic carbocycles. The summed E-state index contributed by atoms with van der Waals surface area (Å²) in [6, 6.07) is 18.6. The molecule has 1 N–H and O–H groups in total. The molecule has 0 saturated carbocycles. The number of hydrogen-bond acceptors (Lipinski definition) is 7. The number of ether oxygens (including phenoxy) is 2. The molecule has 1 saturated heterocycles. The summed E-state index contributed by atoms with van der Waals surface area (Å²) >= 11 is 4.76. The van der Waals surface area contributed by atoms with E-state index in [-0.39, 0.29) is 11.3 Å². The fourth-order valence-corrected chi connectivity index (χ4v) is 5.62. The number of carbonyl (C=O) groups is 2. The van der Waals surface area contributed by atoms with Crippen LogP contribution < -0.4 is 14.4 Å². The van der Waals surface area contributed by atoms with E-state index < -0.39 is 17.7 Å². The van der Waals surface area contributed by atoms with Gasteiger partial charge in [-0.15, -0.1) is 0 Å². The highest BCUT2D eigenvalue weighted by Crippen LogP contribution is 2.45. The van der Waals surface area contributed by atoms with Crippen LogP contribution in [-0.2, 0) is 9.59 Å². The van der Waals surface area contributed by atoms with Crippen LogP contribution in [0.2, 0.25) is 0 Å². The highest BCUT2D eigenvalue weighted by molar-refractivity contribution is 9.10. The first-order valence-corrected chi connectivity index (χ1v) is 12.8. The van der Waals surface area contributed by atoms with Crippen molar-refractivity contribution in [2.75, 3.05) is 18.6 Å². The number of ketones is 1. The fourth-order valence-electron chi connectivity index (χ4n) is 4.18. The van der Waals surface area contributed by atoms with E-state index in [1.807, 2.05) is 49.4 Å². The second-order valence-corrected chi connectivity index (χ2v) is 9.94. The molecule has 0 unspecified atom stereocenters. The fraction of sp³-hybridized carbons (Fsp3) is 0.148. The van der Waals surface area contributed by atoms with Crippen LogP contribution in [0.1, 0.15) is 24.1 Å². The van der Waals surface area contributed by atoms with Gasteiger partial charge in [0.2, 0.25) is 0 Å². The number of nitrogens with zero attached hydrogens (tertiary/aromatic N) is 2. The molecule has 7 nitrogen and oxygen atoms in total. The Morgan fingerprint density at radius 3 is 2.53 bits per heavy atom. The first kappa shape index (κ1) is 24.0. The molecule has 0 radical (unpaired) electrons. The maximum absolute atomic E-state index is 13.4. The van der Waals surface area contributed by atoms with Crippen LogP contribution in [0.3, 0.4) is 0 Å². The predicted octanol–water partition coefficient (Wildman–Crippen LogP) is 6.09. The standard InChI is InChI=1S/C27H21BrN2O5S/c1-3-35-19-11-12-20-21(14-19)36-27(29-20)30-23(16-5-4-6-17(28)13-16)22(25(32)26(30)33)24(31)15-7-9-18(34-2)10-8-15/h4-14,23,31H,3H2,1-2H3/t23-/m0/s1. The molecule has 0 bridgehead atoms. The van der Waals surface area contributed by atoms with Crippen molar-refractivity contribution in [2.45, 2.75) is 13.0 Å². The van der Waals surface area contributed by atoms with Gasteiger partial charge in [-0.05, 0) is 67.1 Å². The summed E-state index contributed by atoms with van der Waals surface area (Å²) in [4.78, 5) is 32.8. The number of anilines is 1. The number of aliphatic hydroxyl groups excluding tert-OH is 1. The summed E-state index contributed by atoms with van der Waals surface area (Å²) in [6.45, 7) is 2.43. The van der Waals surface area contributed by atoms with Crippen LogP contribution in [-0.4, -0.2) is 35.5 Å². The molecule has 1 atom stereocenters. The lowest BCUT2D eigenvalue weighted by Gasteiger charge is -2.23. The van der Waals surface area contributed by atoms with Crippen LogP contribution in [0.5, 0.6) is 11.5 Å². The molecule has 5 rings (SSSR count). The highest BCUT2D eigenvalue weighted by atomic mass is 79.9. The van der Waals surface area contributed by atoms with Crippen molar-refractivity contribution in [2.24, 2.45) is 0 Å². The molecular formula is C27H21BrN2O5S. The Morgan fingerprint density at radius 1 is 1.08 bits per heavy atom. The summed E-state index contributed by atoms with van der Waals surface area (Å²) in [5, 5.41) is 11.6. The lowest BCUT2D eigenvalue weighted by Crippen LogP contribution is -2.29. The van der Waals surface area contributed by atoms with E-state index >= 15 is 0 Å². The van der Waals surface area contributed by atoms with E-state index in [4.69, 9.17) is 9.47 Å². The predicted molar refractivity (Wildman–Crippen MR) is 143 cm³/mol. The first-order valence-electron chi connectivity index (χ1n) is 11.2. The minimum atomic E-state index is -0.864. The van der Waals surface area contributed by atoms with Gasteiger partial charge in [-0.1, -0.05) is 39.4 Å². The van der Waals surface area contributed by atoms with Gasteiger partial charge in [-0.2, -0.15) is 0 Å². The molecule has 3 aromatic carbocycles. The van der Waals surface area contributed by atoms with Gasteiger partial charge in [0, 0.05) is 10.0 Å². The monoisotopic (exact) mass is 564 g/mol. The number of Topliss-reactive ketones (excluding diaryl/α,β-unsaturated/α-hetero) is 1. The van der Waals surface area contributed by atoms with Crippen LogP contribution in [0, 0.1) is 0 Å². The third-order valence-corrected chi connectivity index (χ3v) is 7.35. The average molecular weight is 565 g/mol. The van der Waals surface area contributed by atoms with Crippen molar-refractivity contribution in [1.82, 2.24) is 4.98 Å². The number of rotatable bonds is 6. The number of hydrogen-bond donors (Lipinski definition) is 1. The smallest absolute Gasteiger partial charge is 0.301 e. The molecule has 1 aliphatic rings. The Labute approximate surface area is 219 Å². The number of thiazole rings is 1. The van der Waals surface area contributed by atoms with Gasteiger partial charge >= 0.3 is 5.91 Å². The van der Waals surface area contributed by atoms with E-state index in [1.165, 1.54) is 16.2 Å².